The van der Waals surface area contributed by atoms with E-state index in [1.807, 2.05) is 0 Å². The molecule has 0 aliphatic carbocycles. The Kier molecular flexibility index (Phi) is 4.64. The van der Waals surface area contributed by atoms with E-state index in [1.165, 1.54) is 11.0 Å². The zero-order valence-electron chi connectivity index (χ0n) is 14.0. The average Bonchev–Trinajstić information content (AvgIpc) is 3.13. The lowest BCUT2D eigenvalue weighted by Gasteiger charge is -2.23. The minimum atomic E-state index is -4.42. The topological polar surface area (TPSA) is 78.5 Å². The quantitative estimate of drug-likeness (QED) is 0.799. The summed E-state index contributed by atoms with van der Waals surface area (Å²) in [6.45, 7) is 2.14. The van der Waals surface area contributed by atoms with E-state index in [9.17, 15) is 27.6 Å². The third kappa shape index (κ3) is 3.51. The Bertz CT molecular complexity index is 763. The highest BCUT2D eigenvalue weighted by atomic mass is 19.4. The van der Waals surface area contributed by atoms with Crippen LogP contribution in [-0.4, -0.2) is 28.8 Å². The van der Waals surface area contributed by atoms with Gasteiger partial charge in [0.15, 0.2) is 0 Å². The first kappa shape index (κ1) is 18.2. The number of urea groups is 1. The number of alkyl halides is 3. The van der Waals surface area contributed by atoms with Gasteiger partial charge in [-0.3, -0.25) is 14.9 Å². The number of imide groups is 1. The summed E-state index contributed by atoms with van der Waals surface area (Å²) < 4.78 is 38.5. The molecule has 3 rings (SSSR count). The summed E-state index contributed by atoms with van der Waals surface area (Å²) in [7, 11) is 0. The SMILES string of the molecule is CCC(CC1NC(=O)NC1=O)C(=O)N1Cc2ccc(C(F)(F)F)cc2C1. The minimum Gasteiger partial charge on any atom is -0.334 e. The number of rotatable bonds is 4. The average molecular weight is 369 g/mol. The van der Waals surface area contributed by atoms with Crippen LogP contribution < -0.4 is 10.6 Å². The number of nitrogens with zero attached hydrogens (tertiary/aromatic N) is 1. The molecule has 0 spiro atoms. The molecule has 26 heavy (non-hydrogen) atoms. The maximum Gasteiger partial charge on any atom is 0.416 e. The first-order valence-electron chi connectivity index (χ1n) is 8.28. The van der Waals surface area contributed by atoms with Crippen LogP contribution in [0, 0.1) is 5.92 Å². The Morgan fingerprint density at radius 1 is 1.27 bits per heavy atom. The van der Waals surface area contributed by atoms with Gasteiger partial charge in [-0.1, -0.05) is 13.0 Å². The standard InChI is InChI=1S/C17H18F3N3O3/c1-2-9(6-13-14(24)22-16(26)21-13)15(25)23-7-10-3-4-12(17(18,19)20)5-11(10)8-23/h3-5,9,13H,2,6-8H2,1H3,(H2,21,22,24,26). The highest BCUT2D eigenvalue weighted by molar-refractivity contribution is 6.04. The van der Waals surface area contributed by atoms with E-state index in [0.717, 1.165) is 12.1 Å². The van der Waals surface area contributed by atoms with E-state index in [-0.39, 0.29) is 25.4 Å². The normalized spacial score (nSPS) is 20.6. The molecule has 9 heteroatoms. The molecule has 4 amide bonds. The molecule has 2 heterocycles. The van der Waals surface area contributed by atoms with Crippen LogP contribution in [0.15, 0.2) is 18.2 Å². The van der Waals surface area contributed by atoms with E-state index in [4.69, 9.17) is 0 Å². The Morgan fingerprint density at radius 3 is 2.54 bits per heavy atom. The second-order valence-electron chi connectivity index (χ2n) is 6.53. The van der Waals surface area contributed by atoms with E-state index < -0.39 is 35.6 Å². The molecule has 1 aromatic carbocycles. The molecule has 0 bridgehead atoms. The predicted molar refractivity (Wildman–Crippen MR) is 84.6 cm³/mol. The Balaban J connectivity index is 1.69. The van der Waals surface area contributed by atoms with Gasteiger partial charge in [0, 0.05) is 19.0 Å². The van der Waals surface area contributed by atoms with E-state index >= 15 is 0 Å². The number of hydrogen-bond donors (Lipinski definition) is 2. The number of benzene rings is 1. The largest absolute Gasteiger partial charge is 0.416 e. The molecular weight excluding hydrogens is 351 g/mol. The summed E-state index contributed by atoms with van der Waals surface area (Å²) in [6.07, 6.45) is -3.81. The lowest BCUT2D eigenvalue weighted by atomic mass is 9.95. The molecule has 0 aromatic heterocycles. The van der Waals surface area contributed by atoms with Gasteiger partial charge in [0.05, 0.1) is 5.56 Å². The van der Waals surface area contributed by atoms with Crippen molar-refractivity contribution in [2.24, 2.45) is 5.92 Å². The molecule has 0 radical (unpaired) electrons. The van der Waals surface area contributed by atoms with Crippen molar-refractivity contribution in [3.63, 3.8) is 0 Å². The highest BCUT2D eigenvalue weighted by Crippen LogP contribution is 2.34. The van der Waals surface area contributed by atoms with Crippen molar-refractivity contribution in [2.75, 3.05) is 0 Å². The van der Waals surface area contributed by atoms with Gasteiger partial charge < -0.3 is 10.2 Å². The van der Waals surface area contributed by atoms with Crippen molar-refractivity contribution < 1.29 is 27.6 Å². The number of amides is 4. The molecule has 2 aliphatic rings. The van der Waals surface area contributed by atoms with Crippen molar-refractivity contribution in [1.29, 1.82) is 0 Å². The summed E-state index contributed by atoms with van der Waals surface area (Å²) >= 11 is 0. The lowest BCUT2D eigenvalue weighted by molar-refractivity contribution is -0.137. The fourth-order valence-electron chi connectivity index (χ4n) is 3.34. The molecule has 2 N–H and O–H groups in total. The summed E-state index contributed by atoms with van der Waals surface area (Å²) in [5, 5.41) is 4.58. The molecule has 2 unspecified atom stereocenters. The van der Waals surface area contributed by atoms with Crippen molar-refractivity contribution in [3.05, 3.63) is 34.9 Å². The molecule has 1 fully saturated rings. The van der Waals surface area contributed by atoms with Gasteiger partial charge in [0.1, 0.15) is 6.04 Å². The Labute approximate surface area is 147 Å². The van der Waals surface area contributed by atoms with Gasteiger partial charge in [-0.05, 0) is 36.1 Å². The molecule has 2 atom stereocenters. The van der Waals surface area contributed by atoms with E-state index in [1.54, 1.807) is 6.92 Å². The van der Waals surface area contributed by atoms with Gasteiger partial charge in [0.2, 0.25) is 5.91 Å². The highest BCUT2D eigenvalue weighted by Gasteiger charge is 2.37. The second-order valence-corrected chi connectivity index (χ2v) is 6.53. The predicted octanol–water partition coefficient (Wildman–Crippen LogP) is 2.17. The third-order valence-electron chi connectivity index (χ3n) is 4.79. The van der Waals surface area contributed by atoms with Crippen LogP contribution in [0.3, 0.4) is 0 Å². The number of fused-ring (bicyclic) bond motifs is 1. The zero-order valence-corrected chi connectivity index (χ0v) is 14.0. The van der Waals surface area contributed by atoms with Gasteiger partial charge in [-0.25, -0.2) is 4.79 Å². The van der Waals surface area contributed by atoms with Gasteiger partial charge in [-0.15, -0.1) is 0 Å². The smallest absolute Gasteiger partial charge is 0.334 e. The number of carbonyl (C=O) groups excluding carboxylic acids is 3. The maximum atomic E-state index is 12.8. The van der Waals surface area contributed by atoms with E-state index in [2.05, 4.69) is 10.6 Å². The van der Waals surface area contributed by atoms with E-state index in [0.29, 0.717) is 17.5 Å². The Morgan fingerprint density at radius 2 is 1.96 bits per heavy atom. The fraction of sp³-hybridized carbons (Fsp3) is 0.471. The van der Waals surface area contributed by atoms with Crippen LogP contribution in [0.2, 0.25) is 0 Å². The second kappa shape index (κ2) is 6.62. The maximum absolute atomic E-state index is 12.8. The van der Waals surface area contributed by atoms with Crippen LogP contribution in [-0.2, 0) is 28.9 Å². The summed E-state index contributed by atoms with van der Waals surface area (Å²) in [5.41, 5.74) is 0.436. The van der Waals surface area contributed by atoms with Crippen LogP contribution >= 0.6 is 0 Å². The third-order valence-corrected chi connectivity index (χ3v) is 4.79. The van der Waals surface area contributed by atoms with Gasteiger partial charge >= 0.3 is 12.2 Å². The molecule has 6 nitrogen and oxygen atoms in total. The number of nitrogens with one attached hydrogen (secondary N) is 2. The molecule has 1 aromatic rings. The first-order valence-corrected chi connectivity index (χ1v) is 8.28. The van der Waals surface area contributed by atoms with Crippen molar-refractivity contribution >= 4 is 17.8 Å². The summed E-state index contributed by atoms with van der Waals surface area (Å²) in [6, 6.07) is 2.14. The zero-order chi connectivity index (χ0) is 19.1. The number of hydrogen-bond acceptors (Lipinski definition) is 3. The van der Waals surface area contributed by atoms with Crippen molar-refractivity contribution in [2.45, 2.75) is 45.1 Å². The first-order chi connectivity index (χ1) is 12.2. The molecule has 0 saturated carbocycles. The Hall–Kier alpha value is -2.58. The summed E-state index contributed by atoms with van der Waals surface area (Å²) in [4.78, 5) is 37.1. The van der Waals surface area contributed by atoms with Gasteiger partial charge in [-0.2, -0.15) is 13.2 Å². The minimum absolute atomic E-state index is 0.109. The monoisotopic (exact) mass is 369 g/mol. The van der Waals surface area contributed by atoms with Gasteiger partial charge in [0.25, 0.3) is 5.91 Å². The van der Waals surface area contributed by atoms with Crippen LogP contribution in [0.5, 0.6) is 0 Å². The van der Waals surface area contributed by atoms with Crippen LogP contribution in [0.4, 0.5) is 18.0 Å². The molecule has 1 saturated heterocycles. The lowest BCUT2D eigenvalue weighted by Crippen LogP contribution is -2.38. The van der Waals surface area contributed by atoms with Crippen LogP contribution in [0.1, 0.15) is 36.5 Å². The number of halogens is 3. The molecule has 2 aliphatic heterocycles. The van der Waals surface area contributed by atoms with Crippen LogP contribution in [0.25, 0.3) is 0 Å². The number of carbonyl (C=O) groups is 3. The molecule has 140 valence electrons. The van der Waals surface area contributed by atoms with Crippen molar-refractivity contribution in [3.8, 4) is 0 Å². The van der Waals surface area contributed by atoms with Crippen molar-refractivity contribution in [1.82, 2.24) is 15.5 Å². The summed E-state index contributed by atoms with van der Waals surface area (Å²) in [5.74, 6) is -1.20. The fourth-order valence-corrected chi connectivity index (χ4v) is 3.34. The molecular formula is C17H18F3N3O3.